The summed E-state index contributed by atoms with van der Waals surface area (Å²) in [5, 5.41) is 4.38. The molecule has 1 fully saturated rings. The molecule has 1 saturated carbocycles. The lowest BCUT2D eigenvalue weighted by molar-refractivity contribution is -0.122. The van der Waals surface area contributed by atoms with E-state index in [0.717, 1.165) is 23.4 Å². The van der Waals surface area contributed by atoms with Crippen LogP contribution in [0.3, 0.4) is 0 Å². The standard InChI is InChI=1S/C24H29N3O2/c1-3-27(18-10-11-18)16-24(28)26-14-21(17-8-12-19(29-2)13-9-17)22-15-25-23-7-5-4-6-20(22)23/h4-9,12-13,15,18,21,25H,3,10-11,14,16H2,1-2H3,(H,26,28). The number of methoxy groups -OCH3 is 1. The van der Waals surface area contributed by atoms with Crippen LogP contribution in [0.1, 0.15) is 36.8 Å². The number of amides is 1. The number of para-hydroxylation sites is 1. The molecule has 4 rings (SSSR count). The average Bonchev–Trinajstić information content (AvgIpc) is 3.52. The molecule has 5 nitrogen and oxygen atoms in total. The molecule has 1 aliphatic rings. The van der Waals surface area contributed by atoms with E-state index in [-0.39, 0.29) is 11.8 Å². The molecular weight excluding hydrogens is 362 g/mol. The number of ether oxygens (including phenoxy) is 1. The molecule has 1 heterocycles. The Bertz CT molecular complexity index is 960. The van der Waals surface area contributed by atoms with Gasteiger partial charge in [0.15, 0.2) is 0 Å². The van der Waals surface area contributed by atoms with E-state index in [9.17, 15) is 4.79 Å². The molecule has 5 heteroatoms. The number of H-pyrrole nitrogens is 1. The molecule has 29 heavy (non-hydrogen) atoms. The highest BCUT2D eigenvalue weighted by atomic mass is 16.5. The van der Waals surface area contributed by atoms with Crippen LogP contribution in [0.5, 0.6) is 5.75 Å². The zero-order valence-electron chi connectivity index (χ0n) is 17.2. The fourth-order valence-electron chi connectivity index (χ4n) is 4.02. The van der Waals surface area contributed by atoms with Crippen molar-refractivity contribution in [3.05, 3.63) is 65.9 Å². The number of hydrogen-bond acceptors (Lipinski definition) is 3. The van der Waals surface area contributed by atoms with Crippen molar-refractivity contribution in [2.24, 2.45) is 0 Å². The maximum Gasteiger partial charge on any atom is 0.234 e. The van der Waals surface area contributed by atoms with E-state index in [1.807, 2.05) is 18.2 Å². The van der Waals surface area contributed by atoms with Crippen molar-refractivity contribution in [2.75, 3.05) is 26.7 Å². The summed E-state index contributed by atoms with van der Waals surface area (Å²) in [5.74, 6) is 0.993. The van der Waals surface area contributed by atoms with Crippen molar-refractivity contribution in [1.29, 1.82) is 0 Å². The molecular formula is C24H29N3O2. The first-order valence-corrected chi connectivity index (χ1v) is 10.4. The van der Waals surface area contributed by atoms with Crippen LogP contribution in [-0.2, 0) is 4.79 Å². The van der Waals surface area contributed by atoms with Crippen LogP contribution < -0.4 is 10.1 Å². The lowest BCUT2D eigenvalue weighted by Gasteiger charge is -2.22. The summed E-state index contributed by atoms with van der Waals surface area (Å²) >= 11 is 0. The van der Waals surface area contributed by atoms with Gasteiger partial charge in [0.1, 0.15) is 5.75 Å². The summed E-state index contributed by atoms with van der Waals surface area (Å²) in [6.07, 6.45) is 4.49. The Morgan fingerprint density at radius 2 is 1.97 bits per heavy atom. The van der Waals surface area contributed by atoms with Gasteiger partial charge in [-0.3, -0.25) is 9.69 Å². The normalized spacial score (nSPS) is 14.9. The Balaban J connectivity index is 1.55. The van der Waals surface area contributed by atoms with E-state index >= 15 is 0 Å². The predicted octanol–water partition coefficient (Wildman–Crippen LogP) is 3.91. The van der Waals surface area contributed by atoms with Crippen molar-refractivity contribution in [2.45, 2.75) is 31.7 Å². The molecule has 1 aromatic heterocycles. The second-order valence-corrected chi connectivity index (χ2v) is 7.71. The summed E-state index contributed by atoms with van der Waals surface area (Å²) < 4.78 is 5.31. The van der Waals surface area contributed by atoms with Crippen molar-refractivity contribution in [3.63, 3.8) is 0 Å². The Labute approximate surface area is 172 Å². The van der Waals surface area contributed by atoms with Crippen molar-refractivity contribution >= 4 is 16.8 Å². The number of aromatic nitrogens is 1. The van der Waals surface area contributed by atoms with Crippen LogP contribution in [0, 0.1) is 0 Å². The van der Waals surface area contributed by atoms with Crippen LogP contribution in [-0.4, -0.2) is 48.6 Å². The maximum atomic E-state index is 12.6. The molecule has 0 saturated heterocycles. The number of rotatable bonds is 9. The molecule has 3 aromatic rings. The van der Waals surface area contributed by atoms with Crippen LogP contribution >= 0.6 is 0 Å². The molecule has 0 bridgehead atoms. The smallest absolute Gasteiger partial charge is 0.234 e. The molecule has 0 spiro atoms. The zero-order valence-corrected chi connectivity index (χ0v) is 17.2. The minimum atomic E-state index is 0.0667. The molecule has 1 aliphatic carbocycles. The zero-order chi connectivity index (χ0) is 20.2. The number of fused-ring (bicyclic) bond motifs is 1. The van der Waals surface area contributed by atoms with E-state index in [0.29, 0.717) is 19.1 Å². The third-order valence-corrected chi connectivity index (χ3v) is 5.83. The average molecular weight is 392 g/mol. The monoisotopic (exact) mass is 391 g/mol. The summed E-state index contributed by atoms with van der Waals surface area (Å²) in [6.45, 7) is 4.08. The third-order valence-electron chi connectivity index (χ3n) is 5.83. The van der Waals surface area contributed by atoms with Gasteiger partial charge in [-0.2, -0.15) is 0 Å². The van der Waals surface area contributed by atoms with Crippen LogP contribution in [0.25, 0.3) is 10.9 Å². The van der Waals surface area contributed by atoms with Gasteiger partial charge in [0.05, 0.1) is 13.7 Å². The van der Waals surface area contributed by atoms with Gasteiger partial charge in [-0.25, -0.2) is 0 Å². The van der Waals surface area contributed by atoms with Gasteiger partial charge >= 0.3 is 0 Å². The Morgan fingerprint density at radius 1 is 1.21 bits per heavy atom. The maximum absolute atomic E-state index is 12.6. The van der Waals surface area contributed by atoms with Crippen LogP contribution in [0.4, 0.5) is 0 Å². The number of carbonyl (C=O) groups is 1. The van der Waals surface area contributed by atoms with Gasteiger partial charge in [-0.1, -0.05) is 37.3 Å². The Hall–Kier alpha value is -2.79. The largest absolute Gasteiger partial charge is 0.497 e. The number of likely N-dealkylation sites (N-methyl/N-ethyl adjacent to an activating group) is 1. The summed E-state index contributed by atoms with van der Waals surface area (Å²) in [4.78, 5) is 18.3. The van der Waals surface area contributed by atoms with Crippen molar-refractivity contribution in [1.82, 2.24) is 15.2 Å². The number of hydrogen-bond donors (Lipinski definition) is 2. The molecule has 152 valence electrons. The number of nitrogens with zero attached hydrogens (tertiary/aromatic N) is 1. The quantitative estimate of drug-likeness (QED) is 0.581. The van der Waals surface area contributed by atoms with Gasteiger partial charge in [0.2, 0.25) is 5.91 Å². The van der Waals surface area contributed by atoms with Gasteiger partial charge in [-0.15, -0.1) is 0 Å². The number of nitrogens with one attached hydrogen (secondary N) is 2. The van der Waals surface area contributed by atoms with Gasteiger partial charge in [0.25, 0.3) is 0 Å². The van der Waals surface area contributed by atoms with E-state index in [2.05, 4.69) is 58.7 Å². The molecule has 1 amide bonds. The Kier molecular flexibility index (Phi) is 5.86. The molecule has 0 radical (unpaired) electrons. The molecule has 2 N–H and O–H groups in total. The fraction of sp³-hybridized carbons (Fsp3) is 0.375. The van der Waals surface area contributed by atoms with E-state index in [1.165, 1.54) is 23.8 Å². The van der Waals surface area contributed by atoms with E-state index in [1.54, 1.807) is 7.11 Å². The topological polar surface area (TPSA) is 57.4 Å². The minimum absolute atomic E-state index is 0.0667. The van der Waals surface area contributed by atoms with E-state index in [4.69, 9.17) is 4.74 Å². The second-order valence-electron chi connectivity index (χ2n) is 7.71. The first-order valence-electron chi connectivity index (χ1n) is 10.4. The third kappa shape index (κ3) is 4.46. The minimum Gasteiger partial charge on any atom is -0.497 e. The first-order chi connectivity index (χ1) is 14.2. The lowest BCUT2D eigenvalue weighted by Crippen LogP contribution is -2.39. The number of benzene rings is 2. The summed E-state index contributed by atoms with van der Waals surface area (Å²) in [5.41, 5.74) is 3.46. The molecule has 1 atom stereocenters. The van der Waals surface area contributed by atoms with Crippen LogP contribution in [0.15, 0.2) is 54.7 Å². The molecule has 2 aromatic carbocycles. The second kappa shape index (κ2) is 8.70. The molecule has 0 aliphatic heterocycles. The number of aromatic amines is 1. The molecule has 1 unspecified atom stereocenters. The van der Waals surface area contributed by atoms with Gasteiger partial charge in [-0.05, 0) is 48.7 Å². The predicted molar refractivity (Wildman–Crippen MR) is 116 cm³/mol. The lowest BCUT2D eigenvalue weighted by atomic mass is 9.90. The van der Waals surface area contributed by atoms with Crippen molar-refractivity contribution in [3.8, 4) is 5.75 Å². The number of carbonyl (C=O) groups excluding carboxylic acids is 1. The fourth-order valence-corrected chi connectivity index (χ4v) is 4.02. The SMILES string of the molecule is CCN(CC(=O)NCC(c1ccc(OC)cc1)c1c[nH]c2ccccc12)C1CC1. The highest BCUT2D eigenvalue weighted by Gasteiger charge is 2.29. The van der Waals surface area contributed by atoms with Crippen LogP contribution in [0.2, 0.25) is 0 Å². The summed E-state index contributed by atoms with van der Waals surface area (Å²) in [7, 11) is 1.67. The van der Waals surface area contributed by atoms with E-state index < -0.39 is 0 Å². The van der Waals surface area contributed by atoms with Gasteiger partial charge < -0.3 is 15.0 Å². The van der Waals surface area contributed by atoms with Gasteiger partial charge in [0, 0.05) is 35.6 Å². The first kappa shape index (κ1) is 19.5. The highest BCUT2D eigenvalue weighted by Crippen LogP contribution is 2.31. The Morgan fingerprint density at radius 3 is 2.66 bits per heavy atom. The highest BCUT2D eigenvalue weighted by molar-refractivity contribution is 5.84. The van der Waals surface area contributed by atoms with Crippen molar-refractivity contribution < 1.29 is 9.53 Å². The summed E-state index contributed by atoms with van der Waals surface area (Å²) in [6, 6.07) is 17.0.